The van der Waals surface area contributed by atoms with E-state index in [1.165, 1.54) is 0 Å². The molecule has 19 heavy (non-hydrogen) atoms. The van der Waals surface area contributed by atoms with E-state index in [0.29, 0.717) is 12.3 Å². The van der Waals surface area contributed by atoms with E-state index >= 15 is 0 Å². The van der Waals surface area contributed by atoms with E-state index in [4.69, 9.17) is 4.74 Å². The molecular formula is C13H20N2O3S. The van der Waals surface area contributed by atoms with Crippen molar-refractivity contribution < 1.29 is 13.2 Å². The monoisotopic (exact) mass is 284 g/mol. The van der Waals surface area contributed by atoms with Crippen LogP contribution in [-0.2, 0) is 10.0 Å². The van der Waals surface area contributed by atoms with Crippen LogP contribution in [0.4, 0.5) is 0 Å². The third-order valence-corrected chi connectivity index (χ3v) is 4.81. The van der Waals surface area contributed by atoms with E-state index in [0.717, 1.165) is 24.9 Å². The molecular weight excluding hydrogens is 264 g/mol. The van der Waals surface area contributed by atoms with Crippen LogP contribution in [0.5, 0.6) is 5.75 Å². The van der Waals surface area contributed by atoms with Crippen LogP contribution >= 0.6 is 0 Å². The van der Waals surface area contributed by atoms with Crippen LogP contribution in [0.3, 0.4) is 0 Å². The number of rotatable bonds is 4. The Morgan fingerprint density at radius 2 is 2.21 bits per heavy atom. The Hall–Kier alpha value is -1.11. The highest BCUT2D eigenvalue weighted by Gasteiger charge is 2.22. The highest BCUT2D eigenvalue weighted by atomic mass is 32.2. The SMILES string of the molecule is COc1ccc(S(=O)(=O)NC2CCCNC2)cc1C. The first-order chi connectivity index (χ1) is 9.03. The smallest absolute Gasteiger partial charge is 0.240 e. The summed E-state index contributed by atoms with van der Waals surface area (Å²) in [6, 6.07) is 4.87. The molecule has 1 saturated heterocycles. The summed E-state index contributed by atoms with van der Waals surface area (Å²) in [6.45, 7) is 3.48. The first-order valence-corrected chi connectivity index (χ1v) is 7.89. The second-order valence-corrected chi connectivity index (χ2v) is 6.51. The lowest BCUT2D eigenvalue weighted by atomic mass is 10.1. The largest absolute Gasteiger partial charge is 0.496 e. The van der Waals surface area contributed by atoms with Gasteiger partial charge in [-0.15, -0.1) is 0 Å². The molecule has 0 radical (unpaired) electrons. The van der Waals surface area contributed by atoms with Crippen LogP contribution in [0, 0.1) is 6.92 Å². The Morgan fingerprint density at radius 3 is 2.79 bits per heavy atom. The topological polar surface area (TPSA) is 67.4 Å². The summed E-state index contributed by atoms with van der Waals surface area (Å²) in [5.41, 5.74) is 0.812. The molecule has 106 valence electrons. The minimum absolute atomic E-state index is 0.0267. The summed E-state index contributed by atoms with van der Waals surface area (Å²) in [6.07, 6.45) is 1.87. The van der Waals surface area contributed by atoms with E-state index < -0.39 is 10.0 Å². The van der Waals surface area contributed by atoms with Gasteiger partial charge in [0.15, 0.2) is 0 Å². The summed E-state index contributed by atoms with van der Waals surface area (Å²) in [5.74, 6) is 0.693. The molecule has 1 aromatic rings. The minimum atomic E-state index is -3.45. The van der Waals surface area contributed by atoms with Gasteiger partial charge in [0.25, 0.3) is 0 Å². The van der Waals surface area contributed by atoms with Gasteiger partial charge in [-0.2, -0.15) is 0 Å². The van der Waals surface area contributed by atoms with Gasteiger partial charge in [0.2, 0.25) is 10.0 Å². The predicted molar refractivity (Wildman–Crippen MR) is 73.9 cm³/mol. The van der Waals surface area contributed by atoms with Gasteiger partial charge in [-0.1, -0.05) is 0 Å². The summed E-state index contributed by atoms with van der Waals surface area (Å²) in [5, 5.41) is 3.19. The van der Waals surface area contributed by atoms with Gasteiger partial charge in [0.1, 0.15) is 5.75 Å². The number of nitrogens with one attached hydrogen (secondary N) is 2. The van der Waals surface area contributed by atoms with Gasteiger partial charge in [0.05, 0.1) is 12.0 Å². The van der Waals surface area contributed by atoms with Gasteiger partial charge < -0.3 is 10.1 Å². The lowest BCUT2D eigenvalue weighted by Crippen LogP contribution is -2.45. The van der Waals surface area contributed by atoms with Crippen molar-refractivity contribution in [3.8, 4) is 5.75 Å². The van der Waals surface area contributed by atoms with Crippen LogP contribution in [-0.4, -0.2) is 34.7 Å². The molecule has 1 aliphatic rings. The lowest BCUT2D eigenvalue weighted by molar-refractivity contribution is 0.411. The Labute approximate surface area is 114 Å². The molecule has 6 heteroatoms. The Balaban J connectivity index is 2.16. The number of ether oxygens (including phenoxy) is 1. The van der Waals surface area contributed by atoms with Crippen molar-refractivity contribution in [2.45, 2.75) is 30.7 Å². The van der Waals surface area contributed by atoms with Gasteiger partial charge in [0, 0.05) is 12.6 Å². The van der Waals surface area contributed by atoms with Crippen LogP contribution in [0.25, 0.3) is 0 Å². The lowest BCUT2D eigenvalue weighted by Gasteiger charge is -2.23. The van der Waals surface area contributed by atoms with E-state index in [9.17, 15) is 8.42 Å². The van der Waals surface area contributed by atoms with Crippen molar-refractivity contribution in [2.75, 3.05) is 20.2 Å². The van der Waals surface area contributed by atoms with Crippen molar-refractivity contribution >= 4 is 10.0 Å². The van der Waals surface area contributed by atoms with Gasteiger partial charge in [-0.05, 0) is 50.1 Å². The second-order valence-electron chi connectivity index (χ2n) is 4.80. The molecule has 1 aliphatic heterocycles. The molecule has 1 atom stereocenters. The number of piperidine rings is 1. The Bertz CT molecular complexity index is 537. The molecule has 2 N–H and O–H groups in total. The first-order valence-electron chi connectivity index (χ1n) is 6.40. The van der Waals surface area contributed by atoms with Crippen molar-refractivity contribution in [1.29, 1.82) is 0 Å². The van der Waals surface area contributed by atoms with Crippen molar-refractivity contribution in [3.05, 3.63) is 23.8 Å². The zero-order chi connectivity index (χ0) is 13.9. The summed E-state index contributed by atoms with van der Waals surface area (Å²) < 4.78 is 32.4. The Morgan fingerprint density at radius 1 is 1.42 bits per heavy atom. The van der Waals surface area contributed by atoms with Crippen molar-refractivity contribution in [3.63, 3.8) is 0 Å². The molecule has 1 heterocycles. The maximum absolute atomic E-state index is 12.3. The predicted octanol–water partition coefficient (Wildman–Crippen LogP) is 1.03. The van der Waals surface area contributed by atoms with Gasteiger partial charge in [-0.3, -0.25) is 0 Å². The van der Waals surface area contributed by atoms with E-state index in [1.54, 1.807) is 25.3 Å². The molecule has 0 amide bonds. The van der Waals surface area contributed by atoms with Crippen LogP contribution in [0.2, 0.25) is 0 Å². The van der Waals surface area contributed by atoms with Gasteiger partial charge in [-0.25, -0.2) is 13.1 Å². The first kappa shape index (κ1) is 14.3. The Kier molecular flexibility index (Phi) is 4.44. The molecule has 1 fully saturated rings. The highest BCUT2D eigenvalue weighted by molar-refractivity contribution is 7.89. The fourth-order valence-corrected chi connectivity index (χ4v) is 3.61. The van der Waals surface area contributed by atoms with Crippen molar-refractivity contribution in [1.82, 2.24) is 10.0 Å². The number of methoxy groups -OCH3 is 1. The molecule has 2 rings (SSSR count). The molecule has 0 bridgehead atoms. The number of hydrogen-bond acceptors (Lipinski definition) is 4. The number of aryl methyl sites for hydroxylation is 1. The quantitative estimate of drug-likeness (QED) is 0.867. The van der Waals surface area contributed by atoms with Crippen LogP contribution < -0.4 is 14.8 Å². The van der Waals surface area contributed by atoms with E-state index in [2.05, 4.69) is 10.0 Å². The van der Waals surface area contributed by atoms with Crippen molar-refractivity contribution in [2.24, 2.45) is 0 Å². The molecule has 0 spiro atoms. The molecule has 1 unspecified atom stereocenters. The summed E-state index contributed by atoms with van der Waals surface area (Å²) in [7, 11) is -1.88. The zero-order valence-electron chi connectivity index (χ0n) is 11.3. The molecule has 0 aliphatic carbocycles. The van der Waals surface area contributed by atoms with Crippen LogP contribution in [0.1, 0.15) is 18.4 Å². The fourth-order valence-electron chi connectivity index (χ4n) is 2.26. The molecule has 1 aromatic carbocycles. The number of benzene rings is 1. The normalized spacial score (nSPS) is 20.2. The molecule has 0 saturated carbocycles. The maximum atomic E-state index is 12.3. The third-order valence-electron chi connectivity index (χ3n) is 3.30. The summed E-state index contributed by atoms with van der Waals surface area (Å²) in [4.78, 5) is 0.288. The number of hydrogen-bond donors (Lipinski definition) is 2. The van der Waals surface area contributed by atoms with Gasteiger partial charge >= 0.3 is 0 Å². The third kappa shape index (κ3) is 3.46. The zero-order valence-corrected chi connectivity index (χ0v) is 12.1. The highest BCUT2D eigenvalue weighted by Crippen LogP contribution is 2.21. The average Bonchev–Trinajstić information content (AvgIpc) is 2.39. The second kappa shape index (κ2) is 5.90. The minimum Gasteiger partial charge on any atom is -0.496 e. The maximum Gasteiger partial charge on any atom is 0.240 e. The number of sulfonamides is 1. The fraction of sp³-hybridized carbons (Fsp3) is 0.538. The standard InChI is InChI=1S/C13H20N2O3S/c1-10-8-12(5-6-13(10)18-2)19(16,17)15-11-4-3-7-14-9-11/h5-6,8,11,14-15H,3-4,7,9H2,1-2H3. The summed E-state index contributed by atoms with van der Waals surface area (Å²) >= 11 is 0. The molecule has 0 aromatic heterocycles. The van der Waals surface area contributed by atoms with E-state index in [-0.39, 0.29) is 10.9 Å². The molecule has 5 nitrogen and oxygen atoms in total. The average molecular weight is 284 g/mol. The van der Waals surface area contributed by atoms with E-state index in [1.807, 2.05) is 6.92 Å². The van der Waals surface area contributed by atoms with Crippen LogP contribution in [0.15, 0.2) is 23.1 Å².